The van der Waals surface area contributed by atoms with E-state index in [0.29, 0.717) is 0 Å². The molecule has 1 saturated heterocycles. The molecule has 0 bridgehead atoms. The van der Waals surface area contributed by atoms with Crippen molar-refractivity contribution in [3.63, 3.8) is 0 Å². The first kappa shape index (κ1) is 13.8. The summed E-state index contributed by atoms with van der Waals surface area (Å²) in [6.07, 6.45) is 7.11. The van der Waals surface area contributed by atoms with E-state index in [1.54, 1.807) is 7.11 Å². The van der Waals surface area contributed by atoms with Crippen molar-refractivity contribution in [2.24, 2.45) is 5.92 Å². The normalized spacial score (nSPS) is 20.4. The average molecular weight is 275 g/mol. The minimum atomic E-state index is 0.721. The minimum absolute atomic E-state index is 0.721. The molecule has 110 valence electrons. The first-order valence-corrected chi connectivity index (χ1v) is 7.77. The predicted octanol–water partition coefficient (Wildman–Crippen LogP) is 2.20. The number of rotatable bonds is 6. The Labute approximate surface area is 121 Å². The molecule has 0 spiro atoms. The molecule has 0 radical (unpaired) electrons. The van der Waals surface area contributed by atoms with Crippen molar-refractivity contribution in [2.45, 2.75) is 38.3 Å². The summed E-state index contributed by atoms with van der Waals surface area (Å²) in [7, 11) is 1.79. The molecule has 0 aromatic carbocycles. The Balaban J connectivity index is 1.49. The van der Waals surface area contributed by atoms with E-state index in [1.165, 1.54) is 31.2 Å². The van der Waals surface area contributed by atoms with Crippen LogP contribution in [0.2, 0.25) is 0 Å². The van der Waals surface area contributed by atoms with E-state index in [2.05, 4.69) is 27.3 Å². The molecular weight excluding hydrogens is 250 g/mol. The summed E-state index contributed by atoms with van der Waals surface area (Å²) in [5.74, 6) is 1.84. The lowest BCUT2D eigenvalue weighted by Crippen LogP contribution is -2.35. The van der Waals surface area contributed by atoms with Crippen LogP contribution in [0.25, 0.3) is 0 Å². The standard InChI is InChI=1S/C16H25N3O/c1-20-12-13-6-8-19(9-7-13)16-5-2-14(11-18-16)10-17-15-3-4-15/h2,5,11,13,15,17H,3-4,6-10,12H2,1H3. The van der Waals surface area contributed by atoms with Crippen molar-refractivity contribution in [3.05, 3.63) is 23.9 Å². The molecule has 0 unspecified atom stereocenters. The van der Waals surface area contributed by atoms with Crippen molar-refractivity contribution in [2.75, 3.05) is 31.7 Å². The van der Waals surface area contributed by atoms with E-state index in [1.807, 2.05) is 6.20 Å². The molecule has 1 saturated carbocycles. The zero-order chi connectivity index (χ0) is 13.8. The Kier molecular flexibility index (Phi) is 4.53. The molecule has 2 fully saturated rings. The third kappa shape index (κ3) is 3.70. The van der Waals surface area contributed by atoms with Crippen molar-refractivity contribution >= 4 is 5.82 Å². The summed E-state index contributed by atoms with van der Waals surface area (Å²) in [4.78, 5) is 7.02. The second-order valence-electron chi connectivity index (χ2n) is 6.07. The summed E-state index contributed by atoms with van der Waals surface area (Å²) >= 11 is 0. The summed E-state index contributed by atoms with van der Waals surface area (Å²) in [6.45, 7) is 4.04. The molecule has 3 rings (SSSR count). The van der Waals surface area contributed by atoms with Gasteiger partial charge in [-0.2, -0.15) is 0 Å². The zero-order valence-electron chi connectivity index (χ0n) is 12.3. The van der Waals surface area contributed by atoms with Gasteiger partial charge in [0.1, 0.15) is 5.82 Å². The van der Waals surface area contributed by atoms with Gasteiger partial charge >= 0.3 is 0 Å². The number of methoxy groups -OCH3 is 1. The Morgan fingerprint density at radius 1 is 1.25 bits per heavy atom. The highest BCUT2D eigenvalue weighted by Gasteiger charge is 2.21. The smallest absolute Gasteiger partial charge is 0.128 e. The van der Waals surface area contributed by atoms with Crippen molar-refractivity contribution in [3.8, 4) is 0 Å². The Morgan fingerprint density at radius 3 is 2.65 bits per heavy atom. The van der Waals surface area contributed by atoms with Crippen molar-refractivity contribution in [1.82, 2.24) is 10.3 Å². The number of hydrogen-bond donors (Lipinski definition) is 1. The number of piperidine rings is 1. The van der Waals surface area contributed by atoms with Gasteiger partial charge in [-0.1, -0.05) is 6.07 Å². The second kappa shape index (κ2) is 6.55. The van der Waals surface area contributed by atoms with Crippen LogP contribution in [0.5, 0.6) is 0 Å². The summed E-state index contributed by atoms with van der Waals surface area (Å²) in [5, 5.41) is 3.52. The lowest BCUT2D eigenvalue weighted by atomic mass is 9.98. The van der Waals surface area contributed by atoms with Gasteiger partial charge in [0.25, 0.3) is 0 Å². The van der Waals surface area contributed by atoms with Gasteiger partial charge in [0.2, 0.25) is 0 Å². The maximum atomic E-state index is 5.25. The van der Waals surface area contributed by atoms with Crippen LogP contribution in [0.4, 0.5) is 5.82 Å². The van der Waals surface area contributed by atoms with Gasteiger partial charge in [-0.15, -0.1) is 0 Å². The topological polar surface area (TPSA) is 37.4 Å². The molecule has 20 heavy (non-hydrogen) atoms. The van der Waals surface area contributed by atoms with Crippen LogP contribution in [-0.2, 0) is 11.3 Å². The third-order valence-electron chi connectivity index (χ3n) is 4.32. The Bertz CT molecular complexity index is 408. The van der Waals surface area contributed by atoms with Gasteiger partial charge in [-0.3, -0.25) is 0 Å². The molecule has 2 heterocycles. The van der Waals surface area contributed by atoms with Gasteiger partial charge in [0, 0.05) is 45.6 Å². The van der Waals surface area contributed by atoms with Gasteiger partial charge in [-0.05, 0) is 43.2 Å². The molecule has 1 aliphatic carbocycles. The SMILES string of the molecule is COCC1CCN(c2ccc(CNC3CC3)cn2)CC1. The van der Waals surface area contributed by atoms with Gasteiger partial charge in [0.15, 0.2) is 0 Å². The molecule has 0 amide bonds. The lowest BCUT2D eigenvalue weighted by molar-refractivity contribution is 0.139. The maximum absolute atomic E-state index is 5.25. The van der Waals surface area contributed by atoms with Gasteiger partial charge in [-0.25, -0.2) is 4.98 Å². The van der Waals surface area contributed by atoms with E-state index in [9.17, 15) is 0 Å². The molecule has 4 heteroatoms. The van der Waals surface area contributed by atoms with E-state index in [-0.39, 0.29) is 0 Å². The first-order chi connectivity index (χ1) is 9.85. The molecule has 1 aliphatic heterocycles. The van der Waals surface area contributed by atoms with E-state index >= 15 is 0 Å². The number of pyridine rings is 1. The van der Waals surface area contributed by atoms with Crippen molar-refractivity contribution in [1.29, 1.82) is 0 Å². The summed E-state index contributed by atoms with van der Waals surface area (Å²) < 4.78 is 5.25. The molecule has 4 nitrogen and oxygen atoms in total. The fourth-order valence-electron chi connectivity index (χ4n) is 2.82. The third-order valence-corrected chi connectivity index (χ3v) is 4.32. The number of aromatic nitrogens is 1. The van der Waals surface area contributed by atoms with E-state index < -0.39 is 0 Å². The zero-order valence-corrected chi connectivity index (χ0v) is 12.3. The monoisotopic (exact) mass is 275 g/mol. The van der Waals surface area contributed by atoms with Crippen LogP contribution in [0.3, 0.4) is 0 Å². The van der Waals surface area contributed by atoms with Gasteiger partial charge in [0.05, 0.1) is 0 Å². The largest absolute Gasteiger partial charge is 0.384 e. The Hall–Kier alpha value is -1.13. The highest BCUT2D eigenvalue weighted by Crippen LogP contribution is 2.22. The Morgan fingerprint density at radius 2 is 2.05 bits per heavy atom. The minimum Gasteiger partial charge on any atom is -0.384 e. The van der Waals surface area contributed by atoms with E-state index in [0.717, 1.165) is 44.0 Å². The van der Waals surface area contributed by atoms with Crippen LogP contribution >= 0.6 is 0 Å². The van der Waals surface area contributed by atoms with Crippen molar-refractivity contribution < 1.29 is 4.74 Å². The average Bonchev–Trinajstić information content (AvgIpc) is 3.31. The van der Waals surface area contributed by atoms with Crippen LogP contribution in [-0.4, -0.2) is 37.8 Å². The number of hydrogen-bond acceptors (Lipinski definition) is 4. The molecule has 1 N–H and O–H groups in total. The number of anilines is 1. The van der Waals surface area contributed by atoms with Crippen LogP contribution < -0.4 is 10.2 Å². The fourth-order valence-corrected chi connectivity index (χ4v) is 2.82. The molecule has 1 aromatic heterocycles. The number of ether oxygens (including phenoxy) is 1. The lowest BCUT2D eigenvalue weighted by Gasteiger charge is -2.32. The number of nitrogens with one attached hydrogen (secondary N) is 1. The quantitative estimate of drug-likeness (QED) is 0.863. The van der Waals surface area contributed by atoms with Gasteiger partial charge < -0.3 is 15.0 Å². The molecular formula is C16H25N3O. The highest BCUT2D eigenvalue weighted by atomic mass is 16.5. The van der Waals surface area contributed by atoms with Crippen LogP contribution in [0.1, 0.15) is 31.2 Å². The highest BCUT2D eigenvalue weighted by molar-refractivity contribution is 5.39. The van der Waals surface area contributed by atoms with Crippen LogP contribution in [0.15, 0.2) is 18.3 Å². The second-order valence-corrected chi connectivity index (χ2v) is 6.07. The number of nitrogens with zero attached hydrogens (tertiary/aromatic N) is 2. The molecule has 0 atom stereocenters. The van der Waals surface area contributed by atoms with E-state index in [4.69, 9.17) is 4.74 Å². The predicted molar refractivity (Wildman–Crippen MR) is 80.9 cm³/mol. The molecule has 2 aliphatic rings. The summed E-state index contributed by atoms with van der Waals surface area (Å²) in [6, 6.07) is 5.13. The maximum Gasteiger partial charge on any atom is 0.128 e. The molecule has 1 aromatic rings. The fraction of sp³-hybridized carbons (Fsp3) is 0.688. The summed E-state index contributed by atoms with van der Waals surface area (Å²) in [5.41, 5.74) is 1.29. The first-order valence-electron chi connectivity index (χ1n) is 7.77. The van der Waals surface area contributed by atoms with Crippen LogP contribution in [0, 0.1) is 5.92 Å².